The predicted molar refractivity (Wildman–Crippen MR) is 99.9 cm³/mol. The van der Waals surface area contributed by atoms with Gasteiger partial charge in [0.05, 0.1) is 12.2 Å². The van der Waals surface area contributed by atoms with Crippen molar-refractivity contribution in [3.05, 3.63) is 11.1 Å². The summed E-state index contributed by atoms with van der Waals surface area (Å²) in [5, 5.41) is 10.5. The van der Waals surface area contributed by atoms with Crippen LogP contribution in [0.3, 0.4) is 0 Å². The first-order valence-corrected chi connectivity index (χ1v) is 10.9. The highest BCUT2D eigenvalue weighted by Crippen LogP contribution is 2.81. The Bertz CT molecular complexity index is 1010. The first kappa shape index (κ1) is 17.9. The third-order valence-electron chi connectivity index (χ3n) is 9.54. The van der Waals surface area contributed by atoms with Gasteiger partial charge in [-0.1, -0.05) is 13.8 Å². The van der Waals surface area contributed by atoms with Crippen LogP contribution in [0.4, 0.5) is 0 Å². The molecule has 2 unspecified atom stereocenters. The van der Waals surface area contributed by atoms with Crippen LogP contribution >= 0.6 is 0 Å². The van der Waals surface area contributed by atoms with Gasteiger partial charge in [0.15, 0.2) is 11.2 Å². The van der Waals surface area contributed by atoms with Gasteiger partial charge in [0.1, 0.15) is 24.4 Å². The van der Waals surface area contributed by atoms with E-state index in [2.05, 4.69) is 12.8 Å². The van der Waals surface area contributed by atoms with Gasteiger partial charge in [0.2, 0.25) is 5.78 Å². The van der Waals surface area contributed by atoms with Crippen molar-refractivity contribution in [3.8, 4) is 12.3 Å². The molecule has 0 aromatic carbocycles. The Hall–Kier alpha value is -1.72. The van der Waals surface area contributed by atoms with Crippen molar-refractivity contribution in [2.45, 2.75) is 80.7 Å². The number of hydrogen-bond donors (Lipinski definition) is 1. The molecule has 3 aliphatic carbocycles. The summed E-state index contributed by atoms with van der Waals surface area (Å²) in [5.41, 5.74) is -1.27. The van der Waals surface area contributed by atoms with Gasteiger partial charge < -0.3 is 24.1 Å². The zero-order valence-corrected chi connectivity index (χ0v) is 17.0. The molecule has 0 amide bonds. The van der Waals surface area contributed by atoms with Crippen LogP contribution in [0.25, 0.3) is 0 Å². The van der Waals surface area contributed by atoms with Gasteiger partial charge in [-0.15, -0.1) is 12.3 Å². The van der Waals surface area contributed by atoms with Gasteiger partial charge in [0, 0.05) is 23.3 Å². The standard InChI is InChI=1S/C23H24O7/c1-4-5-14(24)10(2)21-16(29-21)17-23(30-17)20(3)7-6-11-12(9-27-18(11)25)13(20)8-15-22(23,28-15)19(21)26/h1,10,13-17,24H,5-9H2,2-3H3/t10?,13-,14?,15-,16-,17-,20-,21-,22+,23+/m0/s1. The number of Topliss-reactive ketones (excluding diaryl/α,β-unsaturated/α-hetero) is 1. The first-order valence-electron chi connectivity index (χ1n) is 10.9. The van der Waals surface area contributed by atoms with Crippen LogP contribution in [0.5, 0.6) is 0 Å². The molecule has 2 spiro atoms. The Labute approximate surface area is 174 Å². The second kappa shape index (κ2) is 4.86. The lowest BCUT2D eigenvalue weighted by atomic mass is 9.47. The van der Waals surface area contributed by atoms with E-state index in [1.54, 1.807) is 0 Å². The fourth-order valence-electron chi connectivity index (χ4n) is 7.84. The maximum Gasteiger partial charge on any atom is 0.334 e. The van der Waals surface area contributed by atoms with E-state index in [1.165, 1.54) is 0 Å². The summed E-state index contributed by atoms with van der Waals surface area (Å²) in [6.45, 7) is 4.35. The third-order valence-corrected chi connectivity index (χ3v) is 9.54. The summed E-state index contributed by atoms with van der Waals surface area (Å²) >= 11 is 0. The molecule has 5 fully saturated rings. The minimum Gasteiger partial charge on any atom is -0.458 e. The number of ether oxygens (including phenoxy) is 4. The van der Waals surface area contributed by atoms with Crippen molar-refractivity contribution in [1.29, 1.82) is 0 Å². The number of carbonyl (C=O) groups is 2. The number of carbonyl (C=O) groups excluding carboxylic acids is 2. The largest absolute Gasteiger partial charge is 0.458 e. The Kier molecular flexibility index (Phi) is 2.90. The van der Waals surface area contributed by atoms with Crippen LogP contribution in [0, 0.1) is 29.6 Å². The molecule has 158 valence electrons. The molecule has 30 heavy (non-hydrogen) atoms. The highest BCUT2D eigenvalue weighted by Gasteiger charge is 3.01. The highest BCUT2D eigenvalue weighted by molar-refractivity contribution is 6.05. The summed E-state index contributed by atoms with van der Waals surface area (Å²) < 4.78 is 24.1. The number of fused-ring (bicyclic) bond motifs is 4. The number of terminal acetylenes is 1. The van der Waals surface area contributed by atoms with E-state index in [0.717, 1.165) is 17.6 Å². The van der Waals surface area contributed by atoms with E-state index in [-0.39, 0.29) is 47.8 Å². The van der Waals surface area contributed by atoms with E-state index < -0.39 is 28.8 Å². The van der Waals surface area contributed by atoms with Crippen molar-refractivity contribution >= 4 is 11.8 Å². The minimum absolute atomic E-state index is 0.0829. The number of epoxide rings is 3. The molecule has 7 aliphatic rings. The highest BCUT2D eigenvalue weighted by atomic mass is 16.7. The Morgan fingerprint density at radius 2 is 2.07 bits per heavy atom. The molecule has 7 heteroatoms. The zero-order chi connectivity index (χ0) is 20.8. The summed E-state index contributed by atoms with van der Waals surface area (Å²) in [7, 11) is 0. The van der Waals surface area contributed by atoms with Gasteiger partial charge in [0.25, 0.3) is 0 Å². The molecular weight excluding hydrogens is 388 g/mol. The normalized spacial score (nSPS) is 55.5. The molecule has 0 bridgehead atoms. The van der Waals surface area contributed by atoms with Gasteiger partial charge >= 0.3 is 5.97 Å². The molecule has 0 aromatic rings. The summed E-state index contributed by atoms with van der Waals surface area (Å²) in [5.74, 6) is 1.86. The zero-order valence-electron chi connectivity index (χ0n) is 17.0. The molecular formula is C23H24O7. The van der Waals surface area contributed by atoms with Crippen LogP contribution < -0.4 is 0 Å². The lowest BCUT2D eigenvalue weighted by molar-refractivity contribution is -0.141. The van der Waals surface area contributed by atoms with E-state index in [0.29, 0.717) is 19.4 Å². The topological polar surface area (TPSA) is 101 Å². The molecule has 4 heterocycles. The number of ketones is 1. The number of rotatable bonds is 3. The van der Waals surface area contributed by atoms with Gasteiger partial charge in [-0.25, -0.2) is 4.79 Å². The average Bonchev–Trinajstić information content (AvgIpc) is 3.62. The quantitative estimate of drug-likeness (QED) is 0.413. The summed E-state index contributed by atoms with van der Waals surface area (Å²) in [6.07, 6.45) is 5.93. The number of aliphatic hydroxyl groups excluding tert-OH is 1. The molecule has 0 radical (unpaired) electrons. The Morgan fingerprint density at radius 1 is 1.27 bits per heavy atom. The summed E-state index contributed by atoms with van der Waals surface area (Å²) in [4.78, 5) is 26.1. The molecule has 0 aromatic heterocycles. The van der Waals surface area contributed by atoms with Gasteiger partial charge in [-0.3, -0.25) is 4.79 Å². The fraction of sp³-hybridized carbons (Fsp3) is 0.739. The van der Waals surface area contributed by atoms with Crippen LogP contribution in [0.2, 0.25) is 0 Å². The number of aliphatic hydroxyl groups is 1. The van der Waals surface area contributed by atoms with Crippen molar-refractivity contribution in [1.82, 2.24) is 0 Å². The van der Waals surface area contributed by atoms with E-state index in [1.807, 2.05) is 6.92 Å². The van der Waals surface area contributed by atoms with E-state index in [9.17, 15) is 14.7 Å². The fourth-order valence-corrected chi connectivity index (χ4v) is 7.84. The maximum absolute atomic E-state index is 14.0. The second-order valence-corrected chi connectivity index (χ2v) is 10.3. The van der Waals surface area contributed by atoms with Crippen LogP contribution in [-0.2, 0) is 28.5 Å². The molecule has 2 saturated carbocycles. The molecule has 7 nitrogen and oxygen atoms in total. The Morgan fingerprint density at radius 3 is 2.83 bits per heavy atom. The predicted octanol–water partition coefficient (Wildman–Crippen LogP) is 0.676. The first-order chi connectivity index (χ1) is 14.3. The average molecular weight is 412 g/mol. The van der Waals surface area contributed by atoms with Gasteiger partial charge in [-0.05, 0) is 30.8 Å². The number of cyclic esters (lactones) is 1. The SMILES string of the molecule is C#CCC(O)C(C)[C@]12O[C@H]1[C@@H]1O[C@@]13[C@@]1(C)CCC4=C(COC4=O)[C@@H]1C[C@@H]1O[C@@]13C2=O. The number of esters is 1. The smallest absolute Gasteiger partial charge is 0.334 e. The van der Waals surface area contributed by atoms with Crippen LogP contribution in [0.15, 0.2) is 11.1 Å². The number of hydrogen-bond acceptors (Lipinski definition) is 7. The molecule has 4 aliphatic heterocycles. The summed E-state index contributed by atoms with van der Waals surface area (Å²) in [6, 6.07) is 0. The minimum atomic E-state index is -1.08. The van der Waals surface area contributed by atoms with E-state index in [4.69, 9.17) is 25.4 Å². The Balaban J connectivity index is 1.31. The molecule has 1 N–H and O–H groups in total. The molecule has 3 saturated heterocycles. The van der Waals surface area contributed by atoms with Crippen LogP contribution in [0.1, 0.15) is 39.5 Å². The van der Waals surface area contributed by atoms with Gasteiger partial charge in [-0.2, -0.15) is 0 Å². The van der Waals surface area contributed by atoms with Crippen molar-refractivity contribution in [3.63, 3.8) is 0 Å². The maximum atomic E-state index is 14.0. The monoisotopic (exact) mass is 412 g/mol. The molecule has 7 rings (SSSR count). The lowest BCUT2D eigenvalue weighted by Crippen LogP contribution is -2.68. The van der Waals surface area contributed by atoms with E-state index >= 15 is 0 Å². The molecule has 10 atom stereocenters. The lowest BCUT2D eigenvalue weighted by Gasteiger charge is -2.51. The van der Waals surface area contributed by atoms with Crippen molar-refractivity contribution in [2.75, 3.05) is 6.61 Å². The van der Waals surface area contributed by atoms with Crippen LogP contribution in [-0.4, -0.2) is 64.7 Å². The second-order valence-electron chi connectivity index (χ2n) is 10.3. The van der Waals surface area contributed by atoms with Crippen molar-refractivity contribution in [2.24, 2.45) is 17.3 Å². The van der Waals surface area contributed by atoms with Crippen molar-refractivity contribution < 1.29 is 33.6 Å². The third kappa shape index (κ3) is 1.52.